The van der Waals surface area contributed by atoms with Gasteiger partial charge in [-0.25, -0.2) is 9.59 Å². The topological polar surface area (TPSA) is 236 Å². The van der Waals surface area contributed by atoms with Crippen LogP contribution in [-0.2, 0) is 20.9 Å². The SMILES string of the molecule is C=C1C[C@H]2CN(C(=O)OCc3ccc(O[C@@H]4O[C@H](C(=O)O)[C@@H](O)[C@H](O)[C@H]4O)cc3)c3cc(OCCCCCOc4cc5c(cc4OC)C(=O)N4CC(=C)C[C@H]4C=N5)c(OC)cc3C(=O)N2C1. The number of benzene rings is 3. The summed E-state index contributed by atoms with van der Waals surface area (Å²) in [7, 11) is 3.00. The standard InChI is InChI=1S/C47H52N4O15/c1-25-14-28-20-48-33-18-37(35(60-3)16-31(33)43(55)49(28)21-25)62-12-6-5-7-13-63-38-19-34-32(17-36(38)61-4)44(56)50-22-26(2)15-29(50)23-51(34)47(59)64-24-27-8-10-30(11-9-27)65-46-41(54)39(52)40(53)42(66-46)45(57)58/h8-11,16-20,28-29,39-42,46,52-54H,1-2,5-7,12-15,21-24H2,3-4H3,(H,57,58)/t28-,29-,39-,40-,41+,42-,46+/m0/s1. The number of carbonyl (C=O) groups is 4. The molecule has 4 N–H and O–H groups in total. The number of aliphatic hydroxyl groups excluding tert-OH is 3. The van der Waals surface area contributed by atoms with Crippen molar-refractivity contribution in [1.82, 2.24) is 9.80 Å². The molecule has 19 heteroatoms. The van der Waals surface area contributed by atoms with Crippen molar-refractivity contribution in [2.45, 2.75) is 81.5 Å². The molecule has 3 aromatic carbocycles. The Morgan fingerprint density at radius 1 is 0.788 bits per heavy atom. The number of aliphatic carboxylic acids is 1. The molecule has 3 amide bonds. The van der Waals surface area contributed by atoms with Crippen LogP contribution in [0.25, 0.3) is 0 Å². The molecular formula is C47H52N4O15. The van der Waals surface area contributed by atoms with Crippen molar-refractivity contribution in [3.63, 3.8) is 0 Å². The number of ether oxygens (including phenoxy) is 7. The molecule has 5 heterocycles. The Labute approximate surface area is 380 Å². The first-order chi connectivity index (χ1) is 31.7. The van der Waals surface area contributed by atoms with Crippen LogP contribution in [0.4, 0.5) is 16.2 Å². The van der Waals surface area contributed by atoms with Crippen LogP contribution in [0, 0.1) is 0 Å². The minimum Gasteiger partial charge on any atom is -0.493 e. The van der Waals surface area contributed by atoms with Crippen LogP contribution in [0.1, 0.15) is 58.4 Å². The Morgan fingerprint density at radius 3 is 2.11 bits per heavy atom. The zero-order valence-corrected chi connectivity index (χ0v) is 36.5. The maximum atomic E-state index is 14.0. The van der Waals surface area contributed by atoms with Crippen LogP contribution in [0.3, 0.4) is 0 Å². The zero-order chi connectivity index (χ0) is 46.8. The molecular weight excluding hydrogens is 861 g/mol. The molecule has 5 aliphatic heterocycles. The second-order valence-corrected chi connectivity index (χ2v) is 16.7. The summed E-state index contributed by atoms with van der Waals surface area (Å²) in [5.74, 6) is -0.238. The normalized spacial score (nSPS) is 24.4. The second kappa shape index (κ2) is 19.4. The molecule has 0 saturated carbocycles. The number of rotatable bonds is 15. The fourth-order valence-corrected chi connectivity index (χ4v) is 8.65. The number of unbranched alkanes of at least 4 members (excludes halogenated alkanes) is 2. The van der Waals surface area contributed by atoms with E-state index in [1.165, 1.54) is 31.3 Å². The molecule has 3 aromatic rings. The Morgan fingerprint density at radius 2 is 1.42 bits per heavy atom. The molecule has 19 nitrogen and oxygen atoms in total. The number of fused-ring (bicyclic) bond motifs is 4. The first-order valence-corrected chi connectivity index (χ1v) is 21.6. The van der Waals surface area contributed by atoms with Crippen LogP contribution < -0.4 is 28.6 Å². The van der Waals surface area contributed by atoms with Crippen molar-refractivity contribution < 1.29 is 72.8 Å². The van der Waals surface area contributed by atoms with Crippen LogP contribution in [-0.4, -0.2) is 150 Å². The lowest BCUT2D eigenvalue weighted by Crippen LogP contribution is -2.61. The number of carboxylic acids is 1. The fourth-order valence-electron chi connectivity index (χ4n) is 8.65. The maximum absolute atomic E-state index is 14.0. The zero-order valence-electron chi connectivity index (χ0n) is 36.5. The molecule has 7 atom stereocenters. The minimum absolute atomic E-state index is 0.123. The summed E-state index contributed by atoms with van der Waals surface area (Å²) in [6.07, 6.45) is -4.54. The van der Waals surface area contributed by atoms with E-state index in [1.807, 2.05) is 0 Å². The minimum atomic E-state index is -1.86. The predicted octanol–water partition coefficient (Wildman–Crippen LogP) is 4.02. The monoisotopic (exact) mass is 912 g/mol. The van der Waals surface area contributed by atoms with Gasteiger partial charge >= 0.3 is 12.1 Å². The molecule has 0 radical (unpaired) electrons. The van der Waals surface area contributed by atoms with E-state index in [1.54, 1.807) is 52.4 Å². The summed E-state index contributed by atoms with van der Waals surface area (Å²) >= 11 is 0. The lowest BCUT2D eigenvalue weighted by atomic mass is 9.99. The van der Waals surface area contributed by atoms with Gasteiger partial charge in [0.25, 0.3) is 11.8 Å². The van der Waals surface area contributed by atoms with Crippen LogP contribution >= 0.6 is 0 Å². The first-order valence-electron chi connectivity index (χ1n) is 21.6. The number of carboxylic acid groups (broad SMARTS) is 1. The van der Waals surface area contributed by atoms with Crippen molar-refractivity contribution in [2.75, 3.05) is 52.0 Å². The number of amides is 3. The molecule has 3 fully saturated rings. The van der Waals surface area contributed by atoms with Gasteiger partial charge in [-0.15, -0.1) is 0 Å². The number of aliphatic imine (C=N–C) groups is 1. The molecule has 350 valence electrons. The predicted molar refractivity (Wildman–Crippen MR) is 235 cm³/mol. The van der Waals surface area contributed by atoms with Gasteiger partial charge in [-0.05, 0) is 61.9 Å². The molecule has 0 bridgehead atoms. The molecule has 3 saturated heterocycles. The number of carbonyl (C=O) groups excluding carboxylic acids is 3. The van der Waals surface area contributed by atoms with Crippen LogP contribution in [0.2, 0.25) is 0 Å². The Bertz CT molecular complexity index is 2420. The van der Waals surface area contributed by atoms with Crippen molar-refractivity contribution in [3.8, 4) is 28.7 Å². The third-order valence-electron chi connectivity index (χ3n) is 12.1. The third-order valence-corrected chi connectivity index (χ3v) is 12.1. The highest BCUT2D eigenvalue weighted by molar-refractivity contribution is 6.06. The van der Waals surface area contributed by atoms with Gasteiger partial charge in [0.15, 0.2) is 29.1 Å². The lowest BCUT2D eigenvalue weighted by Gasteiger charge is -2.38. The molecule has 0 aromatic heterocycles. The van der Waals surface area contributed by atoms with E-state index >= 15 is 0 Å². The van der Waals surface area contributed by atoms with Crippen molar-refractivity contribution >= 4 is 41.5 Å². The Balaban J connectivity index is 0.888. The summed E-state index contributed by atoms with van der Waals surface area (Å²) in [4.78, 5) is 62.2. The van der Waals surface area contributed by atoms with Gasteiger partial charge in [-0.1, -0.05) is 36.4 Å². The third kappa shape index (κ3) is 9.37. The van der Waals surface area contributed by atoms with Crippen molar-refractivity contribution in [2.24, 2.45) is 4.99 Å². The number of methoxy groups -OCH3 is 2. The number of aliphatic hydroxyl groups is 3. The first kappa shape index (κ1) is 45.9. The van der Waals surface area contributed by atoms with Gasteiger partial charge < -0.3 is 63.4 Å². The lowest BCUT2D eigenvalue weighted by molar-refractivity contribution is -0.271. The summed E-state index contributed by atoms with van der Waals surface area (Å²) in [5, 5.41) is 39.7. The van der Waals surface area contributed by atoms with Crippen LogP contribution in [0.15, 0.2) is 77.8 Å². The molecule has 66 heavy (non-hydrogen) atoms. The molecule has 0 aliphatic carbocycles. The van der Waals surface area contributed by atoms with E-state index in [2.05, 4.69) is 18.2 Å². The number of hydrogen-bond donors (Lipinski definition) is 4. The summed E-state index contributed by atoms with van der Waals surface area (Å²) < 4.78 is 40.1. The van der Waals surface area contributed by atoms with E-state index in [9.17, 15) is 39.6 Å². The van der Waals surface area contributed by atoms with Gasteiger partial charge in [-0.2, -0.15) is 0 Å². The van der Waals surface area contributed by atoms with Gasteiger partial charge in [0.1, 0.15) is 30.7 Å². The van der Waals surface area contributed by atoms with E-state index in [-0.39, 0.29) is 48.4 Å². The summed E-state index contributed by atoms with van der Waals surface area (Å²) in [5.41, 5.74) is 3.89. The molecule has 0 spiro atoms. The van der Waals surface area contributed by atoms with Gasteiger partial charge in [-0.3, -0.25) is 19.5 Å². The molecule has 8 rings (SSSR count). The quantitative estimate of drug-likeness (QED) is 0.125. The van der Waals surface area contributed by atoms with E-state index in [0.29, 0.717) is 97.5 Å². The Kier molecular flexibility index (Phi) is 13.5. The van der Waals surface area contributed by atoms with Gasteiger partial charge in [0, 0.05) is 31.4 Å². The average molecular weight is 913 g/mol. The maximum Gasteiger partial charge on any atom is 0.414 e. The number of nitrogens with zero attached hydrogens (tertiary/aromatic N) is 4. The van der Waals surface area contributed by atoms with Crippen LogP contribution in [0.5, 0.6) is 28.7 Å². The summed E-state index contributed by atoms with van der Waals surface area (Å²) in [6.45, 7) is 9.57. The van der Waals surface area contributed by atoms with Crippen molar-refractivity contribution in [1.29, 1.82) is 0 Å². The average Bonchev–Trinajstić information content (AvgIpc) is 3.82. The largest absolute Gasteiger partial charge is 0.493 e. The Hall–Kier alpha value is -6.67. The van der Waals surface area contributed by atoms with E-state index in [4.69, 9.17) is 33.2 Å². The molecule has 5 aliphatic rings. The molecule has 0 unspecified atom stereocenters. The highest BCUT2D eigenvalue weighted by atomic mass is 16.7. The highest BCUT2D eigenvalue weighted by Crippen LogP contribution is 2.41. The van der Waals surface area contributed by atoms with E-state index in [0.717, 1.165) is 17.6 Å². The number of anilines is 1. The van der Waals surface area contributed by atoms with Gasteiger partial charge in [0.2, 0.25) is 6.29 Å². The van der Waals surface area contributed by atoms with Crippen molar-refractivity contribution in [3.05, 3.63) is 89.5 Å². The second-order valence-electron chi connectivity index (χ2n) is 16.7. The fraction of sp³-hybridized carbons (Fsp3) is 0.426. The van der Waals surface area contributed by atoms with Gasteiger partial charge in [0.05, 0.1) is 68.6 Å². The summed E-state index contributed by atoms with van der Waals surface area (Å²) in [6, 6.07) is 12.2. The highest BCUT2D eigenvalue weighted by Gasteiger charge is 2.48. The number of hydrogen-bond acceptors (Lipinski definition) is 15. The van der Waals surface area contributed by atoms with E-state index < -0.39 is 42.8 Å². The smallest absolute Gasteiger partial charge is 0.414 e.